The number of morpholine rings is 1. The van der Waals surface area contributed by atoms with E-state index in [1.54, 1.807) is 33.7 Å². The van der Waals surface area contributed by atoms with Crippen LogP contribution in [0.15, 0.2) is 55.6 Å². The molecule has 3 unspecified atom stereocenters. The highest BCUT2D eigenvalue weighted by atomic mass is 79.9. The lowest BCUT2D eigenvalue weighted by atomic mass is 9.71. The van der Waals surface area contributed by atoms with Gasteiger partial charge in [-0.25, -0.2) is 0 Å². The van der Waals surface area contributed by atoms with Gasteiger partial charge in [0.05, 0.1) is 49.1 Å². The zero-order chi connectivity index (χ0) is 31.3. The first-order valence-corrected chi connectivity index (χ1v) is 17.4. The lowest BCUT2D eigenvalue weighted by Crippen LogP contribution is -2.59. The molecule has 0 aliphatic carbocycles. The smallest absolute Gasteiger partial charge is 0.310 e. The molecular weight excluding hydrogens is 646 g/mol. The molecule has 0 saturated carbocycles. The minimum Gasteiger partial charge on any atom is -0.465 e. The number of allylic oxidation sites excluding steroid dienone is 1. The Bertz CT molecular complexity index is 1200. The maximum absolute atomic E-state index is 14.8. The molecule has 9 nitrogen and oxygen atoms in total. The van der Waals surface area contributed by atoms with E-state index in [1.807, 2.05) is 30.3 Å². The van der Waals surface area contributed by atoms with Crippen LogP contribution in [0, 0.1) is 11.8 Å². The van der Waals surface area contributed by atoms with Gasteiger partial charge in [0.1, 0.15) is 6.04 Å². The minimum absolute atomic E-state index is 0.0552. The number of carbonyl (C=O) groups is 3. The van der Waals surface area contributed by atoms with Crippen molar-refractivity contribution >= 4 is 45.5 Å². The van der Waals surface area contributed by atoms with Crippen molar-refractivity contribution in [2.45, 2.75) is 52.6 Å². The maximum atomic E-state index is 14.8. The van der Waals surface area contributed by atoms with Crippen LogP contribution in [0.25, 0.3) is 0 Å². The second-order valence-corrected chi connectivity index (χ2v) is 14.8. The van der Waals surface area contributed by atoms with Gasteiger partial charge in [0, 0.05) is 42.8 Å². The molecule has 4 fully saturated rings. The summed E-state index contributed by atoms with van der Waals surface area (Å²) < 4.78 is 10.4. The Balaban J connectivity index is 1.49. The van der Waals surface area contributed by atoms with E-state index in [4.69, 9.17) is 9.47 Å². The van der Waals surface area contributed by atoms with Gasteiger partial charge in [0.15, 0.2) is 0 Å². The molecule has 240 valence electrons. The van der Waals surface area contributed by atoms with Gasteiger partial charge in [0.2, 0.25) is 11.8 Å². The summed E-state index contributed by atoms with van der Waals surface area (Å²) in [5.74, 6) is -2.17. The Morgan fingerprint density at radius 2 is 1.98 bits per heavy atom. The summed E-state index contributed by atoms with van der Waals surface area (Å²) in [6.07, 6.45) is 5.87. The minimum atomic E-state index is -0.834. The number of fused-ring (bicyclic) bond motifs is 1. The molecule has 4 saturated heterocycles. The first kappa shape index (κ1) is 33.2. The van der Waals surface area contributed by atoms with Gasteiger partial charge in [-0.1, -0.05) is 58.4 Å². The summed E-state index contributed by atoms with van der Waals surface area (Å²) >= 11 is 5.41. The van der Waals surface area contributed by atoms with Crippen molar-refractivity contribution in [2.75, 3.05) is 59.2 Å². The average molecular weight is 691 g/mol. The van der Waals surface area contributed by atoms with E-state index in [-0.39, 0.29) is 41.1 Å². The topological polar surface area (TPSA) is 99.6 Å². The standard InChI is InChI=1S/C33H44BrN3O6S/c1-3-5-9-17-43-32(41)26-27-30(39)37(24(22-38)20-23-10-7-6-8-11-23)29(33(27)21-25(34)28(26)44-33)31(40)36(12-4-2)14-13-35-15-18-42-19-16-35/h3-4,6-8,10-11,24-29,38H,1-2,5,9,12-22H2/t24-,25?,26-,27+,28-,29?,33?/m1/s1. The van der Waals surface area contributed by atoms with Gasteiger partial charge in [-0.2, -0.15) is 0 Å². The largest absolute Gasteiger partial charge is 0.465 e. The predicted molar refractivity (Wildman–Crippen MR) is 175 cm³/mol. The number of halogens is 1. The number of carbonyl (C=O) groups excluding carboxylic acids is 3. The molecule has 0 radical (unpaired) electrons. The number of likely N-dealkylation sites (tertiary alicyclic amines) is 1. The predicted octanol–water partition coefficient (Wildman–Crippen LogP) is 2.91. The molecule has 2 amide bonds. The van der Waals surface area contributed by atoms with Gasteiger partial charge in [-0.05, 0) is 31.2 Å². The number of unbranched alkanes of at least 4 members (excludes halogenated alkanes) is 1. The molecule has 4 heterocycles. The van der Waals surface area contributed by atoms with Crippen LogP contribution in [0.3, 0.4) is 0 Å². The number of thioether (sulfide) groups is 1. The van der Waals surface area contributed by atoms with Crippen LogP contribution in [0.5, 0.6) is 0 Å². The third-order valence-corrected chi connectivity index (χ3v) is 12.6. The van der Waals surface area contributed by atoms with E-state index in [0.717, 1.165) is 25.1 Å². The van der Waals surface area contributed by atoms with Crippen molar-refractivity contribution in [2.24, 2.45) is 11.8 Å². The van der Waals surface area contributed by atoms with Crippen LogP contribution < -0.4 is 0 Å². The van der Waals surface area contributed by atoms with E-state index in [1.165, 1.54) is 0 Å². The van der Waals surface area contributed by atoms with Crippen molar-refractivity contribution < 1.29 is 29.0 Å². The molecular formula is C33H44BrN3O6S. The van der Waals surface area contributed by atoms with E-state index < -0.39 is 28.7 Å². The number of aliphatic hydroxyl groups is 1. The first-order valence-electron chi connectivity index (χ1n) is 15.6. The molecule has 7 atom stereocenters. The van der Waals surface area contributed by atoms with Crippen LogP contribution in [-0.4, -0.2) is 124 Å². The van der Waals surface area contributed by atoms with E-state index in [2.05, 4.69) is 34.0 Å². The average Bonchev–Trinajstić information content (AvgIpc) is 3.64. The summed E-state index contributed by atoms with van der Waals surface area (Å²) in [5.41, 5.74) is 0.962. The fraction of sp³-hybridized carbons (Fsp3) is 0.606. The lowest BCUT2D eigenvalue weighted by molar-refractivity contribution is -0.154. The van der Waals surface area contributed by atoms with Crippen molar-refractivity contribution in [3.05, 3.63) is 61.2 Å². The fourth-order valence-electron chi connectivity index (χ4n) is 7.35. The maximum Gasteiger partial charge on any atom is 0.310 e. The monoisotopic (exact) mass is 689 g/mol. The molecule has 1 aromatic rings. The number of ether oxygens (including phenoxy) is 2. The van der Waals surface area contributed by atoms with Gasteiger partial charge in [0.25, 0.3) is 0 Å². The van der Waals surface area contributed by atoms with E-state index in [9.17, 15) is 19.5 Å². The van der Waals surface area contributed by atoms with Gasteiger partial charge >= 0.3 is 5.97 Å². The van der Waals surface area contributed by atoms with Gasteiger partial charge < -0.3 is 24.4 Å². The summed E-state index contributed by atoms with van der Waals surface area (Å²) in [5, 5.41) is 10.6. The Kier molecular flexibility index (Phi) is 11.3. The molecule has 1 aromatic carbocycles. The van der Waals surface area contributed by atoms with Crippen LogP contribution in [-0.2, 0) is 30.3 Å². The third-order valence-electron chi connectivity index (χ3n) is 9.40. The Morgan fingerprint density at radius 3 is 2.66 bits per heavy atom. The Labute approximate surface area is 273 Å². The fourth-order valence-corrected chi connectivity index (χ4v) is 10.9. The number of nitrogens with zero attached hydrogens (tertiary/aromatic N) is 3. The van der Waals surface area contributed by atoms with Crippen molar-refractivity contribution in [3.63, 3.8) is 0 Å². The number of rotatable bonds is 15. The van der Waals surface area contributed by atoms with Crippen molar-refractivity contribution in [1.29, 1.82) is 0 Å². The molecule has 11 heteroatoms. The highest BCUT2D eigenvalue weighted by Gasteiger charge is 2.76. The Hall–Kier alpha value is -2.18. The van der Waals surface area contributed by atoms with E-state index in [0.29, 0.717) is 52.1 Å². The number of hydrogen-bond donors (Lipinski definition) is 1. The molecule has 5 rings (SSSR count). The normalized spacial score (nSPS) is 30.2. The lowest BCUT2D eigenvalue weighted by Gasteiger charge is -2.40. The highest BCUT2D eigenvalue weighted by Crippen LogP contribution is 2.68. The quantitative estimate of drug-likeness (QED) is 0.130. The summed E-state index contributed by atoms with van der Waals surface area (Å²) in [4.78, 5) is 48.7. The SMILES string of the molecule is C=CCCCOC(=O)[C@H]1[C@@H]2SC3(CC2Br)C(C(=O)N(CC=C)CCN2CCOCC2)N([C@@H](CO)Cc2ccccc2)C(=O)[C@H]13. The van der Waals surface area contributed by atoms with Crippen molar-refractivity contribution in [1.82, 2.24) is 14.7 Å². The number of esters is 1. The molecule has 44 heavy (non-hydrogen) atoms. The number of aliphatic hydroxyl groups excluding tert-OH is 1. The molecule has 1 spiro atoms. The van der Waals surface area contributed by atoms with Crippen molar-refractivity contribution in [3.8, 4) is 0 Å². The second-order valence-electron chi connectivity index (χ2n) is 12.1. The van der Waals surface area contributed by atoms with E-state index >= 15 is 0 Å². The molecule has 4 aliphatic rings. The number of amides is 2. The summed E-state index contributed by atoms with van der Waals surface area (Å²) in [6, 6.07) is 8.24. The van der Waals surface area contributed by atoms with Crippen LogP contribution in [0.4, 0.5) is 0 Å². The van der Waals surface area contributed by atoms with Crippen LogP contribution in [0.1, 0.15) is 24.8 Å². The highest BCUT2D eigenvalue weighted by molar-refractivity contribution is 9.09. The van der Waals surface area contributed by atoms with Gasteiger partial charge in [-0.3, -0.25) is 19.3 Å². The molecule has 0 aromatic heterocycles. The zero-order valence-corrected chi connectivity index (χ0v) is 27.6. The summed E-state index contributed by atoms with van der Waals surface area (Å²) in [7, 11) is 0. The molecule has 2 bridgehead atoms. The van der Waals surface area contributed by atoms with Crippen LogP contribution >= 0.6 is 27.7 Å². The number of benzene rings is 1. The zero-order valence-electron chi connectivity index (χ0n) is 25.2. The third kappa shape index (κ3) is 6.54. The number of hydrogen-bond acceptors (Lipinski definition) is 8. The number of alkyl halides is 1. The first-order chi connectivity index (χ1) is 21.4. The summed E-state index contributed by atoms with van der Waals surface area (Å²) in [6.45, 7) is 12.1. The molecule has 4 aliphatic heterocycles. The molecule has 1 N–H and O–H groups in total. The second kappa shape index (κ2) is 14.9. The van der Waals surface area contributed by atoms with Gasteiger partial charge in [-0.15, -0.1) is 24.9 Å². The Morgan fingerprint density at radius 1 is 1.23 bits per heavy atom. The van der Waals surface area contributed by atoms with Crippen LogP contribution in [0.2, 0.25) is 0 Å².